The Kier molecular flexibility index (Phi) is 5.12. The molecule has 0 bridgehead atoms. The van der Waals surface area contributed by atoms with Crippen LogP contribution in [-0.2, 0) is 19.3 Å². The minimum atomic E-state index is -0.479. The largest absolute Gasteiger partial charge is 0.288 e. The van der Waals surface area contributed by atoms with E-state index in [-0.39, 0.29) is 0 Å². The van der Waals surface area contributed by atoms with Crippen LogP contribution in [0.2, 0.25) is 0 Å². The average Bonchev–Trinajstić information content (AvgIpc) is 2.73. The van der Waals surface area contributed by atoms with Crippen LogP contribution in [0.1, 0.15) is 39.3 Å². The predicted molar refractivity (Wildman–Crippen MR) is 105 cm³/mol. The number of hydroxylamine groups is 1. The number of nitrogens with one attached hydrogen (secondary N) is 1. The molecule has 1 amide bonds. The molecular weight excluding hydrogens is 352 g/mol. The summed E-state index contributed by atoms with van der Waals surface area (Å²) in [6.07, 6.45) is 9.17. The number of aryl methyl sites for hydroxylation is 2. The smallest absolute Gasteiger partial charge is 0.274 e. The van der Waals surface area contributed by atoms with E-state index in [1.54, 1.807) is 17.7 Å². The van der Waals surface area contributed by atoms with E-state index in [0.717, 1.165) is 53.9 Å². The third kappa shape index (κ3) is 3.92. The fourth-order valence-electron chi connectivity index (χ4n) is 3.82. The number of amides is 1. The van der Waals surface area contributed by atoms with Crippen molar-refractivity contribution in [2.24, 2.45) is 5.92 Å². The van der Waals surface area contributed by atoms with Gasteiger partial charge in [0.1, 0.15) is 5.82 Å². The molecule has 0 fully saturated rings. The highest BCUT2D eigenvalue weighted by molar-refractivity contribution is 5.93. The molecule has 28 heavy (non-hydrogen) atoms. The number of benzene rings is 1. The molecule has 4 rings (SSSR count). The number of rotatable bonds is 4. The van der Waals surface area contributed by atoms with Crippen LogP contribution in [0.25, 0.3) is 11.3 Å². The molecule has 1 aliphatic rings. The highest BCUT2D eigenvalue weighted by Gasteiger charge is 2.21. The summed E-state index contributed by atoms with van der Waals surface area (Å²) >= 11 is 0. The molecule has 2 heterocycles. The summed E-state index contributed by atoms with van der Waals surface area (Å²) in [7, 11) is 0. The topological polar surface area (TPSA) is 88.0 Å². The molecule has 0 aliphatic heterocycles. The fraction of sp³-hybridized carbons (Fsp3) is 0.273. The van der Waals surface area contributed by atoms with E-state index in [2.05, 4.69) is 16.0 Å². The van der Waals surface area contributed by atoms with Crippen molar-refractivity contribution in [3.05, 3.63) is 77.0 Å². The van der Waals surface area contributed by atoms with Gasteiger partial charge in [0.05, 0.1) is 5.69 Å². The minimum Gasteiger partial charge on any atom is -0.288 e. The second kappa shape index (κ2) is 7.86. The van der Waals surface area contributed by atoms with E-state index in [9.17, 15) is 4.79 Å². The third-order valence-electron chi connectivity index (χ3n) is 5.25. The number of fused-ring (bicyclic) bond motifs is 1. The lowest BCUT2D eigenvalue weighted by atomic mass is 9.81. The van der Waals surface area contributed by atoms with E-state index in [1.807, 2.05) is 37.5 Å². The van der Waals surface area contributed by atoms with E-state index < -0.39 is 5.91 Å². The number of carbonyl (C=O) groups excluding carboxylic acids is 1. The first-order chi connectivity index (χ1) is 13.6. The maximum Gasteiger partial charge on any atom is 0.274 e. The van der Waals surface area contributed by atoms with Gasteiger partial charge in [0, 0.05) is 36.1 Å². The summed E-state index contributed by atoms with van der Waals surface area (Å²) in [6, 6.07) is 9.60. The summed E-state index contributed by atoms with van der Waals surface area (Å²) < 4.78 is 0. The highest BCUT2D eigenvalue weighted by Crippen LogP contribution is 2.28. The molecule has 0 spiro atoms. The standard InChI is InChI=1S/C22H22N4O2/c1-14-8-19(13-23-12-14)20-6-7-24-21(25-20)10-15-2-3-16-4-5-17(22(27)26-28)11-18(16)9-15/h4-8,11-13,15,28H,2-3,9-10H2,1H3,(H,26,27). The van der Waals surface area contributed by atoms with Gasteiger partial charge in [-0.1, -0.05) is 6.07 Å². The molecule has 0 radical (unpaired) electrons. The van der Waals surface area contributed by atoms with Crippen molar-refractivity contribution in [1.29, 1.82) is 0 Å². The van der Waals surface area contributed by atoms with Gasteiger partial charge in [0.25, 0.3) is 5.91 Å². The van der Waals surface area contributed by atoms with Crippen molar-refractivity contribution >= 4 is 5.91 Å². The zero-order valence-corrected chi connectivity index (χ0v) is 15.7. The van der Waals surface area contributed by atoms with E-state index in [0.29, 0.717) is 11.5 Å². The van der Waals surface area contributed by atoms with Crippen molar-refractivity contribution in [2.45, 2.75) is 32.6 Å². The number of hydrogen-bond donors (Lipinski definition) is 2. The minimum absolute atomic E-state index is 0.422. The molecule has 6 heteroatoms. The number of nitrogens with zero attached hydrogens (tertiary/aromatic N) is 3. The van der Waals surface area contributed by atoms with E-state index in [4.69, 9.17) is 10.2 Å². The Balaban J connectivity index is 1.51. The van der Waals surface area contributed by atoms with Crippen LogP contribution in [0.5, 0.6) is 0 Å². The van der Waals surface area contributed by atoms with Gasteiger partial charge in [-0.3, -0.25) is 15.0 Å². The van der Waals surface area contributed by atoms with Gasteiger partial charge in [-0.25, -0.2) is 15.4 Å². The molecule has 1 aliphatic carbocycles. The van der Waals surface area contributed by atoms with Gasteiger partial charge in [-0.05, 0) is 73.1 Å². The van der Waals surface area contributed by atoms with Crippen LogP contribution in [0.15, 0.2) is 48.9 Å². The molecule has 6 nitrogen and oxygen atoms in total. The van der Waals surface area contributed by atoms with Gasteiger partial charge in [0.15, 0.2) is 0 Å². The zero-order chi connectivity index (χ0) is 19.5. The zero-order valence-electron chi connectivity index (χ0n) is 15.7. The lowest BCUT2D eigenvalue weighted by Crippen LogP contribution is -2.21. The molecule has 1 aromatic carbocycles. The van der Waals surface area contributed by atoms with Gasteiger partial charge in [0.2, 0.25) is 0 Å². The van der Waals surface area contributed by atoms with Crippen molar-refractivity contribution in [1.82, 2.24) is 20.4 Å². The van der Waals surface area contributed by atoms with Gasteiger partial charge < -0.3 is 0 Å². The lowest BCUT2D eigenvalue weighted by Gasteiger charge is -2.24. The summed E-state index contributed by atoms with van der Waals surface area (Å²) in [5.74, 6) is 0.773. The summed E-state index contributed by atoms with van der Waals surface area (Å²) in [6.45, 7) is 2.02. The summed E-state index contributed by atoms with van der Waals surface area (Å²) in [5.41, 5.74) is 7.60. The molecule has 142 valence electrons. The molecule has 2 aromatic heterocycles. The monoisotopic (exact) mass is 374 g/mol. The second-order valence-corrected chi connectivity index (χ2v) is 7.35. The normalized spacial score (nSPS) is 15.7. The lowest BCUT2D eigenvalue weighted by molar-refractivity contribution is 0.0706. The van der Waals surface area contributed by atoms with Crippen LogP contribution in [0, 0.1) is 12.8 Å². The quantitative estimate of drug-likeness (QED) is 0.540. The maximum atomic E-state index is 11.7. The summed E-state index contributed by atoms with van der Waals surface area (Å²) in [5, 5.41) is 8.86. The molecule has 0 saturated heterocycles. The van der Waals surface area contributed by atoms with Gasteiger partial charge in [-0.15, -0.1) is 0 Å². The molecule has 0 saturated carbocycles. The SMILES string of the molecule is Cc1cncc(-c2ccnc(CC3CCc4ccc(C(=O)NO)cc4C3)n2)c1. The molecule has 1 unspecified atom stereocenters. The van der Waals surface area contributed by atoms with Crippen LogP contribution in [0.4, 0.5) is 0 Å². The maximum absolute atomic E-state index is 11.7. The van der Waals surface area contributed by atoms with Crippen LogP contribution in [0.3, 0.4) is 0 Å². The van der Waals surface area contributed by atoms with Crippen LogP contribution >= 0.6 is 0 Å². The van der Waals surface area contributed by atoms with Crippen LogP contribution < -0.4 is 5.48 Å². The average molecular weight is 374 g/mol. The van der Waals surface area contributed by atoms with Crippen molar-refractivity contribution in [2.75, 3.05) is 0 Å². The molecule has 2 N–H and O–H groups in total. The number of pyridine rings is 1. The Hall–Kier alpha value is -3.12. The Morgan fingerprint density at radius 3 is 2.93 bits per heavy atom. The highest BCUT2D eigenvalue weighted by atomic mass is 16.5. The Morgan fingerprint density at radius 2 is 2.11 bits per heavy atom. The second-order valence-electron chi connectivity index (χ2n) is 7.35. The summed E-state index contributed by atoms with van der Waals surface area (Å²) in [4.78, 5) is 25.1. The number of carbonyl (C=O) groups is 1. The Morgan fingerprint density at radius 1 is 1.21 bits per heavy atom. The molecule has 3 aromatic rings. The van der Waals surface area contributed by atoms with E-state index >= 15 is 0 Å². The van der Waals surface area contributed by atoms with Crippen LogP contribution in [-0.4, -0.2) is 26.1 Å². The van der Waals surface area contributed by atoms with Crippen molar-refractivity contribution in [3.63, 3.8) is 0 Å². The number of aromatic nitrogens is 3. The first kappa shape index (κ1) is 18.3. The number of hydrogen-bond acceptors (Lipinski definition) is 5. The van der Waals surface area contributed by atoms with Crippen molar-refractivity contribution in [3.8, 4) is 11.3 Å². The Labute approximate surface area is 163 Å². The van der Waals surface area contributed by atoms with Crippen molar-refractivity contribution < 1.29 is 10.0 Å². The molecular formula is C22H22N4O2. The third-order valence-corrected chi connectivity index (χ3v) is 5.25. The first-order valence-corrected chi connectivity index (χ1v) is 9.42. The van der Waals surface area contributed by atoms with Gasteiger partial charge >= 0.3 is 0 Å². The van der Waals surface area contributed by atoms with Gasteiger partial charge in [-0.2, -0.15) is 0 Å². The first-order valence-electron chi connectivity index (χ1n) is 9.42. The molecule has 1 atom stereocenters. The predicted octanol–water partition coefficient (Wildman–Crippen LogP) is 3.31. The van der Waals surface area contributed by atoms with E-state index in [1.165, 1.54) is 5.56 Å². The fourth-order valence-corrected chi connectivity index (χ4v) is 3.82. The Bertz CT molecular complexity index is 1020.